The van der Waals surface area contributed by atoms with E-state index in [0.29, 0.717) is 6.54 Å². The Labute approximate surface area is 171 Å². The van der Waals surface area contributed by atoms with E-state index in [1.807, 2.05) is 57.2 Å². The molecule has 0 aliphatic rings. The van der Waals surface area contributed by atoms with Crippen molar-refractivity contribution < 1.29 is 9.53 Å². The van der Waals surface area contributed by atoms with Gasteiger partial charge in [-0.1, -0.05) is 84.1 Å². The summed E-state index contributed by atoms with van der Waals surface area (Å²) in [6, 6.07) is 20.4. The third kappa shape index (κ3) is 5.58. The molecular formula is C24H33NO2Si. The van der Waals surface area contributed by atoms with Gasteiger partial charge in [-0.3, -0.25) is 4.90 Å². The van der Waals surface area contributed by atoms with Gasteiger partial charge in [-0.15, -0.1) is 6.58 Å². The van der Waals surface area contributed by atoms with Crippen LogP contribution >= 0.6 is 0 Å². The second-order valence-corrected chi connectivity index (χ2v) is 13.3. The van der Waals surface area contributed by atoms with Gasteiger partial charge < -0.3 is 4.74 Å². The quantitative estimate of drug-likeness (QED) is 0.602. The molecule has 28 heavy (non-hydrogen) atoms. The Kier molecular flexibility index (Phi) is 6.89. The van der Waals surface area contributed by atoms with Crippen LogP contribution in [0, 0.1) is 0 Å². The summed E-state index contributed by atoms with van der Waals surface area (Å²) in [6.45, 7) is 17.3. The highest BCUT2D eigenvalue weighted by atomic mass is 28.3. The minimum Gasteiger partial charge on any atom is -0.444 e. The average molecular weight is 396 g/mol. The fourth-order valence-electron chi connectivity index (χ4n) is 3.21. The summed E-state index contributed by atoms with van der Waals surface area (Å²) in [7, 11) is -1.97. The molecular weight excluding hydrogens is 362 g/mol. The molecule has 0 saturated carbocycles. The van der Waals surface area contributed by atoms with Crippen LogP contribution in [0.15, 0.2) is 72.4 Å². The van der Waals surface area contributed by atoms with Crippen molar-refractivity contribution in [3.63, 3.8) is 0 Å². The number of carbonyl (C=O) groups is 1. The number of hydrogen-bond acceptors (Lipinski definition) is 2. The highest BCUT2D eigenvalue weighted by Crippen LogP contribution is 2.24. The SMILES string of the molecule is C=C([C@H](C)N(Cc1ccccc1)C(=O)OC(C)(C)C)[Si](C)(C)c1ccccc1. The summed E-state index contributed by atoms with van der Waals surface area (Å²) in [6.07, 6.45) is -0.303. The first-order chi connectivity index (χ1) is 13.0. The summed E-state index contributed by atoms with van der Waals surface area (Å²) >= 11 is 0. The van der Waals surface area contributed by atoms with Crippen LogP contribution in [0.1, 0.15) is 33.3 Å². The van der Waals surface area contributed by atoms with Gasteiger partial charge in [0.1, 0.15) is 13.7 Å². The monoisotopic (exact) mass is 395 g/mol. The molecule has 0 aliphatic carbocycles. The Hall–Kier alpha value is -2.33. The van der Waals surface area contributed by atoms with Gasteiger partial charge in [-0.25, -0.2) is 4.79 Å². The highest BCUT2D eigenvalue weighted by Gasteiger charge is 2.35. The van der Waals surface area contributed by atoms with Crippen molar-refractivity contribution in [1.82, 2.24) is 4.90 Å². The van der Waals surface area contributed by atoms with Crippen LogP contribution in [-0.4, -0.2) is 30.7 Å². The van der Waals surface area contributed by atoms with Gasteiger partial charge in [-0.05, 0) is 33.3 Å². The molecule has 0 heterocycles. The highest BCUT2D eigenvalue weighted by molar-refractivity contribution is 6.95. The normalized spacial score (nSPS) is 12.9. The predicted molar refractivity (Wildman–Crippen MR) is 120 cm³/mol. The number of ether oxygens (including phenoxy) is 1. The third-order valence-corrected chi connectivity index (χ3v) is 8.89. The van der Waals surface area contributed by atoms with Gasteiger partial charge in [0.2, 0.25) is 0 Å². The Balaban J connectivity index is 2.32. The molecule has 4 heteroatoms. The lowest BCUT2D eigenvalue weighted by Gasteiger charge is -2.37. The molecule has 0 aromatic heterocycles. The topological polar surface area (TPSA) is 29.5 Å². The van der Waals surface area contributed by atoms with Crippen molar-refractivity contribution in [3.05, 3.63) is 78.0 Å². The van der Waals surface area contributed by atoms with Crippen molar-refractivity contribution >= 4 is 19.4 Å². The van der Waals surface area contributed by atoms with Crippen molar-refractivity contribution in [1.29, 1.82) is 0 Å². The number of carbonyl (C=O) groups excluding carboxylic acids is 1. The second-order valence-electron chi connectivity index (χ2n) is 8.79. The summed E-state index contributed by atoms with van der Waals surface area (Å²) in [5.74, 6) is 0. The first-order valence-corrected chi connectivity index (χ1v) is 12.8. The van der Waals surface area contributed by atoms with Crippen molar-refractivity contribution in [2.45, 2.75) is 59.0 Å². The first kappa shape index (κ1) is 22.0. The minimum absolute atomic E-state index is 0.128. The van der Waals surface area contributed by atoms with E-state index >= 15 is 0 Å². The summed E-state index contributed by atoms with van der Waals surface area (Å²) in [5, 5.41) is 2.43. The fraction of sp³-hybridized carbons (Fsp3) is 0.375. The first-order valence-electron chi connectivity index (χ1n) is 9.80. The van der Waals surface area contributed by atoms with Gasteiger partial charge in [-0.2, -0.15) is 0 Å². The zero-order valence-electron chi connectivity index (χ0n) is 18.0. The molecule has 0 bridgehead atoms. The van der Waals surface area contributed by atoms with Gasteiger partial charge in [0.05, 0.1) is 6.04 Å². The Morgan fingerprint density at radius 2 is 1.54 bits per heavy atom. The molecule has 2 aromatic rings. The maximum atomic E-state index is 13.1. The largest absolute Gasteiger partial charge is 0.444 e. The molecule has 0 radical (unpaired) electrons. The number of nitrogens with zero attached hydrogens (tertiary/aromatic N) is 1. The fourth-order valence-corrected chi connectivity index (χ4v) is 5.81. The Morgan fingerprint density at radius 3 is 2.04 bits per heavy atom. The maximum absolute atomic E-state index is 13.1. The number of rotatable bonds is 6. The van der Waals surface area contributed by atoms with Crippen molar-refractivity contribution in [2.75, 3.05) is 0 Å². The summed E-state index contributed by atoms with van der Waals surface area (Å²) in [5.41, 5.74) is 0.534. The van der Waals surface area contributed by atoms with E-state index in [-0.39, 0.29) is 12.1 Å². The van der Waals surface area contributed by atoms with Crippen LogP contribution in [0.25, 0.3) is 0 Å². The van der Waals surface area contributed by atoms with Crippen LogP contribution in [0.4, 0.5) is 4.79 Å². The third-order valence-electron chi connectivity index (χ3n) is 5.09. The predicted octanol–water partition coefficient (Wildman–Crippen LogP) is 5.52. The molecule has 0 fully saturated rings. The van der Waals surface area contributed by atoms with E-state index in [2.05, 4.69) is 50.9 Å². The maximum Gasteiger partial charge on any atom is 0.411 e. The Bertz CT molecular complexity index is 794. The summed E-state index contributed by atoms with van der Waals surface area (Å²) in [4.78, 5) is 14.9. The van der Waals surface area contributed by atoms with Gasteiger partial charge >= 0.3 is 6.09 Å². The van der Waals surface area contributed by atoms with Crippen LogP contribution in [-0.2, 0) is 11.3 Å². The molecule has 2 rings (SSSR count). The number of benzene rings is 2. The second kappa shape index (κ2) is 8.78. The molecule has 0 unspecified atom stereocenters. The van der Waals surface area contributed by atoms with Gasteiger partial charge in [0.25, 0.3) is 0 Å². The molecule has 0 N–H and O–H groups in total. The zero-order valence-corrected chi connectivity index (χ0v) is 19.0. The lowest BCUT2D eigenvalue weighted by molar-refractivity contribution is 0.0190. The smallest absolute Gasteiger partial charge is 0.411 e. The van der Waals surface area contributed by atoms with Crippen LogP contribution in [0.3, 0.4) is 0 Å². The molecule has 1 atom stereocenters. The van der Waals surface area contributed by atoms with E-state index in [0.717, 1.165) is 10.8 Å². The zero-order chi connectivity index (χ0) is 20.9. The van der Waals surface area contributed by atoms with Crippen LogP contribution < -0.4 is 5.19 Å². The average Bonchev–Trinajstić information content (AvgIpc) is 2.65. The lowest BCUT2D eigenvalue weighted by atomic mass is 10.2. The van der Waals surface area contributed by atoms with E-state index in [1.54, 1.807) is 4.90 Å². The van der Waals surface area contributed by atoms with Crippen LogP contribution in [0.5, 0.6) is 0 Å². The Morgan fingerprint density at radius 1 is 1.04 bits per heavy atom. The van der Waals surface area contributed by atoms with Gasteiger partial charge in [0, 0.05) is 6.54 Å². The van der Waals surface area contributed by atoms with Crippen molar-refractivity contribution in [3.8, 4) is 0 Å². The number of hydrogen-bond donors (Lipinski definition) is 0. The molecule has 1 amide bonds. The van der Waals surface area contributed by atoms with Crippen molar-refractivity contribution in [2.24, 2.45) is 0 Å². The molecule has 0 aliphatic heterocycles. The summed E-state index contributed by atoms with van der Waals surface area (Å²) < 4.78 is 5.72. The molecule has 150 valence electrons. The molecule has 0 spiro atoms. The van der Waals surface area contributed by atoms with E-state index < -0.39 is 13.7 Å². The van der Waals surface area contributed by atoms with E-state index in [4.69, 9.17) is 4.74 Å². The van der Waals surface area contributed by atoms with Gasteiger partial charge in [0.15, 0.2) is 0 Å². The number of amides is 1. The standard InChI is InChI=1S/C24H33NO2Si/c1-19(20(2)28(6,7)22-16-12-9-13-17-22)25(23(26)27-24(3,4)5)18-21-14-10-8-11-15-21/h8-17,19H,2,18H2,1,3-7H3/t19-/m0/s1. The lowest BCUT2D eigenvalue weighted by Crippen LogP contribution is -2.52. The molecule has 2 aromatic carbocycles. The van der Waals surface area contributed by atoms with E-state index in [9.17, 15) is 4.79 Å². The minimum atomic E-state index is -1.97. The van der Waals surface area contributed by atoms with Crippen LogP contribution in [0.2, 0.25) is 13.1 Å². The molecule has 0 saturated heterocycles. The van der Waals surface area contributed by atoms with E-state index in [1.165, 1.54) is 5.19 Å². The molecule has 3 nitrogen and oxygen atoms in total.